The van der Waals surface area contributed by atoms with Gasteiger partial charge in [-0.3, -0.25) is 9.89 Å². The number of methoxy groups -OCH3 is 1. The number of hydrogen-bond acceptors (Lipinski definition) is 5. The lowest BCUT2D eigenvalue weighted by molar-refractivity contribution is 0.418. The molecule has 0 aliphatic heterocycles. The van der Waals surface area contributed by atoms with E-state index in [9.17, 15) is 13.2 Å². The van der Waals surface area contributed by atoms with Crippen molar-refractivity contribution >= 4 is 36.9 Å². The summed E-state index contributed by atoms with van der Waals surface area (Å²) in [7, 11) is -1.94. The van der Waals surface area contributed by atoms with Gasteiger partial charge in [0.1, 0.15) is 11.3 Å². The summed E-state index contributed by atoms with van der Waals surface area (Å²) in [5.41, 5.74) is 1.11. The van der Waals surface area contributed by atoms with Crippen LogP contribution in [0, 0.1) is 0 Å². The summed E-state index contributed by atoms with van der Waals surface area (Å²) in [6.45, 7) is 0. The summed E-state index contributed by atoms with van der Waals surface area (Å²) in [4.78, 5) is 12.3. The lowest BCUT2D eigenvalue weighted by Gasteiger charge is -2.09. The number of ether oxygens (including phenoxy) is 1. The zero-order valence-electron chi connectivity index (χ0n) is 11.9. The predicted octanol–water partition coefficient (Wildman–Crippen LogP) is 1.31. The van der Waals surface area contributed by atoms with Crippen molar-refractivity contribution in [3.05, 3.63) is 32.5 Å². The molecule has 0 unspecified atom stereocenters. The maximum absolute atomic E-state index is 12.3. The molecule has 0 radical (unpaired) electrons. The van der Waals surface area contributed by atoms with Crippen LogP contribution in [0.5, 0.6) is 5.75 Å². The molecule has 0 saturated heterocycles. The first kappa shape index (κ1) is 16.9. The van der Waals surface area contributed by atoms with E-state index in [2.05, 4.69) is 26.1 Å². The van der Waals surface area contributed by atoms with E-state index in [0.717, 1.165) is 5.56 Å². The van der Waals surface area contributed by atoms with Gasteiger partial charge in [-0.25, -0.2) is 13.6 Å². The van der Waals surface area contributed by atoms with Crippen LogP contribution in [-0.2, 0) is 16.4 Å². The number of hydrogen-bond donors (Lipinski definition) is 2. The van der Waals surface area contributed by atoms with Crippen LogP contribution in [-0.4, -0.2) is 31.5 Å². The average Bonchev–Trinajstić information content (AvgIpc) is 2.46. The molecule has 0 saturated carbocycles. The molecule has 7 nitrogen and oxygen atoms in total. The molecule has 0 bridgehead atoms. The van der Waals surface area contributed by atoms with E-state index in [4.69, 9.17) is 9.88 Å². The van der Waals surface area contributed by atoms with Crippen molar-refractivity contribution in [1.82, 2.24) is 10.2 Å². The van der Waals surface area contributed by atoms with Gasteiger partial charge >= 0.3 is 0 Å². The van der Waals surface area contributed by atoms with E-state index >= 15 is 0 Å². The van der Waals surface area contributed by atoms with Crippen LogP contribution in [0.4, 0.5) is 0 Å². The highest BCUT2D eigenvalue weighted by Crippen LogP contribution is 2.25. The van der Waals surface area contributed by atoms with Gasteiger partial charge in [0.25, 0.3) is 0 Å². The zero-order chi connectivity index (χ0) is 16.3. The van der Waals surface area contributed by atoms with Crippen molar-refractivity contribution in [2.24, 2.45) is 5.14 Å². The number of fused-ring (bicyclic) bond motifs is 1. The van der Waals surface area contributed by atoms with E-state index in [1.54, 1.807) is 12.1 Å². The molecule has 9 heteroatoms. The fraction of sp³-hybridized carbons (Fsp3) is 0.385. The van der Waals surface area contributed by atoms with Crippen LogP contribution in [0.3, 0.4) is 0 Å². The van der Waals surface area contributed by atoms with Gasteiger partial charge in [0, 0.05) is 0 Å². The van der Waals surface area contributed by atoms with Crippen LogP contribution in [0.1, 0.15) is 18.4 Å². The van der Waals surface area contributed by atoms with Crippen molar-refractivity contribution in [3.63, 3.8) is 0 Å². The van der Waals surface area contributed by atoms with Crippen molar-refractivity contribution in [2.75, 3.05) is 12.9 Å². The second-order valence-electron chi connectivity index (χ2n) is 4.84. The maximum atomic E-state index is 12.3. The van der Waals surface area contributed by atoms with Crippen molar-refractivity contribution < 1.29 is 13.2 Å². The highest BCUT2D eigenvalue weighted by molar-refractivity contribution is 9.10. The van der Waals surface area contributed by atoms with Gasteiger partial charge in [-0.15, -0.1) is 0 Å². The van der Waals surface area contributed by atoms with Gasteiger partial charge in [0.2, 0.25) is 15.5 Å². The first-order valence-electron chi connectivity index (χ1n) is 6.57. The lowest BCUT2D eigenvalue weighted by atomic mass is 10.0. The van der Waals surface area contributed by atoms with Crippen LogP contribution in [0.15, 0.2) is 21.5 Å². The van der Waals surface area contributed by atoms with E-state index in [0.29, 0.717) is 35.9 Å². The molecule has 1 aromatic heterocycles. The quantitative estimate of drug-likeness (QED) is 0.722. The number of benzene rings is 1. The van der Waals surface area contributed by atoms with Gasteiger partial charge in [0.15, 0.2) is 4.60 Å². The maximum Gasteiger partial charge on any atom is 0.222 e. The standard InChI is InChI=1S/C13H16BrN3O4S/c1-21-9-6-5-8(4-2-3-7-22(15,19)20)10-11(9)16-17-13(14)12(10)18/h5-6H,2-4,7H2,1H3,(H,16,18)(H2,15,19,20). The SMILES string of the molecule is COc1ccc(CCCCS(N)(=O)=O)c2c(=O)c(Br)n[nH]c12. The third-order valence-electron chi connectivity index (χ3n) is 3.28. The molecular formula is C13H16BrN3O4S. The monoisotopic (exact) mass is 389 g/mol. The van der Waals surface area contributed by atoms with Crippen molar-refractivity contribution in [2.45, 2.75) is 19.3 Å². The van der Waals surface area contributed by atoms with Gasteiger partial charge in [0.05, 0.1) is 18.2 Å². The predicted molar refractivity (Wildman–Crippen MR) is 87.5 cm³/mol. The molecular weight excluding hydrogens is 374 g/mol. The molecule has 120 valence electrons. The molecule has 1 aromatic carbocycles. The Morgan fingerprint density at radius 2 is 2.09 bits per heavy atom. The normalized spacial score (nSPS) is 11.8. The molecule has 0 aliphatic carbocycles. The zero-order valence-corrected chi connectivity index (χ0v) is 14.3. The Hall–Kier alpha value is -1.45. The number of aryl methyl sites for hydroxylation is 1. The number of H-pyrrole nitrogens is 1. The summed E-state index contributed by atoms with van der Waals surface area (Å²) in [6.07, 6.45) is 1.61. The Balaban J connectivity index is 2.34. The largest absolute Gasteiger partial charge is 0.494 e. The third kappa shape index (κ3) is 3.84. The van der Waals surface area contributed by atoms with E-state index < -0.39 is 10.0 Å². The van der Waals surface area contributed by atoms with Gasteiger partial charge in [-0.2, -0.15) is 5.10 Å². The number of rotatable bonds is 6. The minimum Gasteiger partial charge on any atom is -0.494 e. The fourth-order valence-electron chi connectivity index (χ4n) is 2.25. The highest BCUT2D eigenvalue weighted by atomic mass is 79.9. The van der Waals surface area contributed by atoms with Gasteiger partial charge in [-0.1, -0.05) is 6.07 Å². The van der Waals surface area contributed by atoms with Crippen LogP contribution >= 0.6 is 15.9 Å². The Morgan fingerprint density at radius 1 is 1.36 bits per heavy atom. The molecule has 0 fully saturated rings. The molecule has 3 N–H and O–H groups in total. The number of primary sulfonamides is 1. The Morgan fingerprint density at radius 3 is 2.73 bits per heavy atom. The number of nitrogens with two attached hydrogens (primary N) is 1. The number of nitrogens with one attached hydrogen (secondary N) is 1. The minimum atomic E-state index is -3.45. The lowest BCUT2D eigenvalue weighted by Crippen LogP contribution is -2.16. The second kappa shape index (κ2) is 6.76. The second-order valence-corrected chi connectivity index (χ2v) is 7.33. The topological polar surface area (TPSA) is 115 Å². The summed E-state index contributed by atoms with van der Waals surface area (Å²) in [6, 6.07) is 3.56. The first-order valence-corrected chi connectivity index (χ1v) is 9.08. The Bertz CT molecular complexity index is 848. The molecule has 0 spiro atoms. The molecule has 0 atom stereocenters. The van der Waals surface area contributed by atoms with Crippen molar-refractivity contribution in [1.29, 1.82) is 0 Å². The van der Waals surface area contributed by atoms with Crippen LogP contribution in [0.2, 0.25) is 0 Å². The minimum absolute atomic E-state index is 0.0668. The average molecular weight is 390 g/mol. The number of sulfonamides is 1. The number of halogens is 1. The van der Waals surface area contributed by atoms with Gasteiger partial charge < -0.3 is 4.74 Å². The number of nitrogens with zero attached hydrogens (tertiary/aromatic N) is 1. The van der Waals surface area contributed by atoms with Crippen LogP contribution in [0.25, 0.3) is 10.9 Å². The summed E-state index contributed by atoms with van der Waals surface area (Å²) in [5.74, 6) is 0.461. The third-order valence-corrected chi connectivity index (χ3v) is 4.67. The molecule has 0 amide bonds. The fourth-order valence-corrected chi connectivity index (χ4v) is 3.15. The number of aromatic nitrogens is 2. The Labute approximate surface area is 136 Å². The van der Waals surface area contributed by atoms with Crippen molar-refractivity contribution in [3.8, 4) is 5.75 Å². The molecule has 2 aromatic rings. The van der Waals surface area contributed by atoms with E-state index in [1.165, 1.54) is 7.11 Å². The summed E-state index contributed by atoms with van der Waals surface area (Å²) < 4.78 is 27.3. The van der Waals surface area contributed by atoms with Gasteiger partial charge in [-0.05, 0) is 46.8 Å². The first-order chi connectivity index (χ1) is 10.3. The molecule has 22 heavy (non-hydrogen) atoms. The number of aromatic amines is 1. The smallest absolute Gasteiger partial charge is 0.222 e. The molecule has 1 heterocycles. The highest BCUT2D eigenvalue weighted by Gasteiger charge is 2.13. The Kier molecular flexibility index (Phi) is 5.20. The van der Waals surface area contributed by atoms with E-state index in [1.807, 2.05) is 0 Å². The molecule has 2 rings (SSSR count). The summed E-state index contributed by atoms with van der Waals surface area (Å²) >= 11 is 3.11. The van der Waals surface area contributed by atoms with E-state index in [-0.39, 0.29) is 15.8 Å². The van der Waals surface area contributed by atoms with Crippen LogP contribution < -0.4 is 15.3 Å². The molecule has 0 aliphatic rings. The summed E-state index contributed by atoms with van der Waals surface area (Å²) in [5, 5.41) is 12.2. The number of unbranched alkanes of at least 4 members (excludes halogenated alkanes) is 1.